The summed E-state index contributed by atoms with van der Waals surface area (Å²) in [6, 6.07) is -0.541. The number of allylic oxidation sites excluding steroid dienone is 6. The zero-order chi connectivity index (χ0) is 66.3. The molecule has 2 unspecified atom stereocenters. The van der Waals surface area contributed by atoms with Gasteiger partial charge in [0.2, 0.25) is 5.91 Å². The fourth-order valence-electron chi connectivity index (χ4n) is 13.5. The van der Waals surface area contributed by atoms with Crippen LogP contribution in [0.1, 0.15) is 476 Å². The van der Waals surface area contributed by atoms with E-state index in [1.54, 1.807) is 0 Å². The standard InChI is InChI=1S/C86H165NO5/c1-3-5-7-9-11-13-15-17-19-21-22-23-37-40-43-47-50-54-58-62-66-70-74-78-84(89)83(82-88)87-85(90)79-75-71-67-63-59-55-51-48-44-41-38-35-33-31-29-27-25-24-26-28-30-32-34-36-39-42-45-49-53-57-61-65-69-73-77-81-92-86(91)80-76-72-68-64-60-56-52-46-20-18-16-14-12-10-8-6-4-2/h18,20,26,28,32,34,83-84,88-89H,3-17,19,21-25,27,29-31,33,35-82H2,1-2H3,(H,87,90)/b20-18-,28-26-,34-32-. The first-order chi connectivity index (χ1) is 45.5. The van der Waals surface area contributed by atoms with Crippen molar-refractivity contribution >= 4 is 11.9 Å². The third kappa shape index (κ3) is 77.1. The van der Waals surface area contributed by atoms with E-state index in [1.807, 2.05) is 0 Å². The molecule has 2 atom stereocenters. The number of esters is 1. The first kappa shape index (κ1) is 90.1. The number of nitrogens with one attached hydrogen (secondary N) is 1. The molecule has 0 bridgehead atoms. The lowest BCUT2D eigenvalue weighted by atomic mass is 10.0. The summed E-state index contributed by atoms with van der Waals surface area (Å²) < 4.78 is 5.51. The molecular weight excluding hydrogens is 1130 g/mol. The van der Waals surface area contributed by atoms with E-state index in [2.05, 4.69) is 55.6 Å². The highest BCUT2D eigenvalue weighted by molar-refractivity contribution is 5.76. The lowest BCUT2D eigenvalue weighted by Gasteiger charge is -2.22. The SMILES string of the molecule is CCCCCCCC/C=C\CCCCCCCCCC(=O)OCCCCCCCCCCCCC/C=C\C/C=C\CCCCCCCCCCCCCCCCCCCC(=O)NC(CO)C(O)CCCCCCCCCCCCCCCCCCCCCCCCC. The van der Waals surface area contributed by atoms with Crippen molar-refractivity contribution in [1.29, 1.82) is 0 Å². The highest BCUT2D eigenvalue weighted by Crippen LogP contribution is 2.20. The molecule has 0 fully saturated rings. The predicted molar refractivity (Wildman–Crippen MR) is 407 cm³/mol. The molecule has 6 nitrogen and oxygen atoms in total. The van der Waals surface area contributed by atoms with Gasteiger partial charge in [-0.2, -0.15) is 0 Å². The van der Waals surface area contributed by atoms with Gasteiger partial charge in [-0.15, -0.1) is 0 Å². The topological polar surface area (TPSA) is 95.9 Å². The van der Waals surface area contributed by atoms with Gasteiger partial charge in [-0.1, -0.05) is 416 Å². The fourth-order valence-corrected chi connectivity index (χ4v) is 13.5. The monoisotopic (exact) mass is 1290 g/mol. The van der Waals surface area contributed by atoms with Crippen LogP contribution in [0.2, 0.25) is 0 Å². The Morgan fingerprint density at radius 1 is 0.304 bits per heavy atom. The van der Waals surface area contributed by atoms with Crippen LogP contribution in [0.5, 0.6) is 0 Å². The molecule has 0 aromatic rings. The Balaban J connectivity index is 3.37. The molecule has 0 radical (unpaired) electrons. The molecule has 0 rings (SSSR count). The molecule has 6 heteroatoms. The van der Waals surface area contributed by atoms with Crippen molar-refractivity contribution in [3.05, 3.63) is 36.5 Å². The van der Waals surface area contributed by atoms with Gasteiger partial charge < -0.3 is 20.3 Å². The molecule has 0 spiro atoms. The molecule has 3 N–H and O–H groups in total. The molecule has 92 heavy (non-hydrogen) atoms. The summed E-state index contributed by atoms with van der Waals surface area (Å²) in [6.45, 7) is 5.00. The van der Waals surface area contributed by atoms with Gasteiger partial charge in [0.25, 0.3) is 0 Å². The maximum Gasteiger partial charge on any atom is 0.305 e. The van der Waals surface area contributed by atoms with Crippen LogP contribution < -0.4 is 5.32 Å². The molecule has 0 aliphatic carbocycles. The maximum absolute atomic E-state index is 12.6. The van der Waals surface area contributed by atoms with Crippen LogP contribution in [-0.2, 0) is 14.3 Å². The second-order valence-corrected chi connectivity index (χ2v) is 29.2. The van der Waals surface area contributed by atoms with Crippen molar-refractivity contribution in [2.24, 2.45) is 0 Å². The van der Waals surface area contributed by atoms with E-state index in [4.69, 9.17) is 4.74 Å². The van der Waals surface area contributed by atoms with Crippen molar-refractivity contribution in [2.75, 3.05) is 13.2 Å². The number of hydrogen-bond acceptors (Lipinski definition) is 5. The van der Waals surface area contributed by atoms with Gasteiger partial charge >= 0.3 is 5.97 Å². The van der Waals surface area contributed by atoms with Crippen LogP contribution >= 0.6 is 0 Å². The van der Waals surface area contributed by atoms with Gasteiger partial charge in [-0.05, 0) is 83.5 Å². The van der Waals surface area contributed by atoms with Crippen LogP contribution in [0, 0.1) is 0 Å². The van der Waals surface area contributed by atoms with E-state index in [1.165, 1.54) is 392 Å². The normalized spacial score (nSPS) is 12.6. The van der Waals surface area contributed by atoms with Crippen molar-refractivity contribution in [1.82, 2.24) is 5.32 Å². The summed E-state index contributed by atoms with van der Waals surface area (Å²) in [7, 11) is 0. The first-order valence-corrected chi connectivity index (χ1v) is 42.2. The molecule has 1 amide bonds. The van der Waals surface area contributed by atoms with Crippen LogP contribution in [0.25, 0.3) is 0 Å². The average Bonchev–Trinajstić information content (AvgIpc) is 3.62. The number of aliphatic hydroxyl groups excluding tert-OH is 2. The summed E-state index contributed by atoms with van der Waals surface area (Å²) in [5.74, 6) is -0.0126. The molecule has 0 aliphatic heterocycles. The Morgan fingerprint density at radius 3 is 0.837 bits per heavy atom. The number of unbranched alkanes of at least 4 members (excludes halogenated alkanes) is 63. The second-order valence-electron chi connectivity index (χ2n) is 29.2. The fraction of sp³-hybridized carbons (Fsp3) is 0.907. The minimum Gasteiger partial charge on any atom is -0.466 e. The van der Waals surface area contributed by atoms with E-state index >= 15 is 0 Å². The number of aliphatic hydroxyl groups is 2. The van der Waals surface area contributed by atoms with Crippen LogP contribution in [-0.4, -0.2) is 47.4 Å². The number of carbonyl (C=O) groups excluding carboxylic acids is 2. The smallest absolute Gasteiger partial charge is 0.305 e. The molecule has 0 saturated carbocycles. The molecule has 544 valence electrons. The molecule has 0 aromatic heterocycles. The van der Waals surface area contributed by atoms with Crippen molar-refractivity contribution in [3.63, 3.8) is 0 Å². The summed E-state index contributed by atoms with van der Waals surface area (Å²) in [4.78, 5) is 24.7. The number of carbonyl (C=O) groups is 2. The Kier molecular flexibility index (Phi) is 79.8. The minimum atomic E-state index is -0.664. The quantitative estimate of drug-likeness (QED) is 0.0320. The summed E-state index contributed by atoms with van der Waals surface area (Å²) >= 11 is 0. The lowest BCUT2D eigenvalue weighted by Crippen LogP contribution is -2.45. The number of amides is 1. The van der Waals surface area contributed by atoms with Gasteiger partial charge in [0, 0.05) is 12.8 Å². The molecule has 0 saturated heterocycles. The predicted octanol–water partition coefficient (Wildman–Crippen LogP) is 28.2. The van der Waals surface area contributed by atoms with Crippen molar-refractivity contribution in [3.8, 4) is 0 Å². The van der Waals surface area contributed by atoms with E-state index < -0.39 is 12.1 Å². The number of rotatable bonds is 80. The van der Waals surface area contributed by atoms with E-state index in [-0.39, 0.29) is 18.5 Å². The highest BCUT2D eigenvalue weighted by Gasteiger charge is 2.20. The number of hydrogen-bond donors (Lipinski definition) is 3. The third-order valence-corrected chi connectivity index (χ3v) is 19.9. The van der Waals surface area contributed by atoms with E-state index in [0.29, 0.717) is 25.9 Å². The van der Waals surface area contributed by atoms with Gasteiger partial charge in [-0.3, -0.25) is 9.59 Å². The van der Waals surface area contributed by atoms with Gasteiger partial charge in [0.15, 0.2) is 0 Å². The Bertz CT molecular complexity index is 1490. The summed E-state index contributed by atoms with van der Waals surface area (Å²) in [5, 5.41) is 23.5. The Hall–Kier alpha value is -1.92. The molecule has 0 aromatic carbocycles. The molecule has 0 heterocycles. The lowest BCUT2D eigenvalue weighted by molar-refractivity contribution is -0.143. The van der Waals surface area contributed by atoms with Crippen molar-refractivity contribution < 1.29 is 24.5 Å². The molecular formula is C86H165NO5. The maximum atomic E-state index is 12.6. The third-order valence-electron chi connectivity index (χ3n) is 19.9. The van der Waals surface area contributed by atoms with E-state index in [0.717, 1.165) is 51.4 Å². The molecule has 0 aliphatic rings. The van der Waals surface area contributed by atoms with Gasteiger partial charge in [0.1, 0.15) is 0 Å². The van der Waals surface area contributed by atoms with E-state index in [9.17, 15) is 19.8 Å². The summed E-state index contributed by atoms with van der Waals surface area (Å²) in [5.41, 5.74) is 0. The first-order valence-electron chi connectivity index (χ1n) is 42.2. The number of ether oxygens (including phenoxy) is 1. The van der Waals surface area contributed by atoms with Crippen LogP contribution in [0.4, 0.5) is 0 Å². The van der Waals surface area contributed by atoms with Crippen LogP contribution in [0.3, 0.4) is 0 Å². The zero-order valence-electron chi connectivity index (χ0n) is 62.6. The minimum absolute atomic E-state index is 0.0144. The average molecular weight is 1290 g/mol. The second kappa shape index (κ2) is 81.5. The highest BCUT2D eigenvalue weighted by atomic mass is 16.5. The summed E-state index contributed by atoms with van der Waals surface area (Å²) in [6.07, 6.45) is 107. The van der Waals surface area contributed by atoms with Gasteiger partial charge in [0.05, 0.1) is 25.4 Å². The van der Waals surface area contributed by atoms with Crippen LogP contribution in [0.15, 0.2) is 36.5 Å². The zero-order valence-corrected chi connectivity index (χ0v) is 62.6. The Labute approximate surface area is 576 Å². The largest absolute Gasteiger partial charge is 0.466 e. The Morgan fingerprint density at radius 2 is 0.543 bits per heavy atom. The van der Waals surface area contributed by atoms with Crippen molar-refractivity contribution in [2.45, 2.75) is 488 Å². The van der Waals surface area contributed by atoms with Gasteiger partial charge in [-0.25, -0.2) is 0 Å².